The summed E-state index contributed by atoms with van der Waals surface area (Å²) >= 11 is 0. The molecular weight excluding hydrogens is 244 g/mol. The molecule has 0 saturated carbocycles. The summed E-state index contributed by atoms with van der Waals surface area (Å²) in [5.74, 6) is -0.849. The lowest BCUT2D eigenvalue weighted by atomic mass is 9.93. The number of piperidine rings is 1. The van der Waals surface area contributed by atoms with E-state index in [9.17, 15) is 9.59 Å². The summed E-state index contributed by atoms with van der Waals surface area (Å²) in [4.78, 5) is 27.5. The van der Waals surface area contributed by atoms with Gasteiger partial charge in [-0.25, -0.2) is 4.98 Å². The molecule has 1 aliphatic rings. The Morgan fingerprint density at radius 1 is 1.37 bits per heavy atom. The van der Waals surface area contributed by atoms with Crippen molar-refractivity contribution < 1.29 is 9.59 Å². The van der Waals surface area contributed by atoms with E-state index in [2.05, 4.69) is 15.4 Å². The minimum atomic E-state index is -0.370. The number of aryl methyl sites for hydroxylation is 2. The van der Waals surface area contributed by atoms with Crippen molar-refractivity contribution in [1.29, 1.82) is 0 Å². The minimum absolute atomic E-state index is 0.213. The van der Waals surface area contributed by atoms with Gasteiger partial charge in [-0.05, 0) is 25.5 Å². The van der Waals surface area contributed by atoms with Crippen molar-refractivity contribution in [3.8, 4) is 0 Å². The Morgan fingerprint density at radius 3 is 2.89 bits per heavy atom. The van der Waals surface area contributed by atoms with E-state index < -0.39 is 0 Å². The summed E-state index contributed by atoms with van der Waals surface area (Å²) in [7, 11) is 1.81. The average molecular weight is 258 g/mol. The van der Waals surface area contributed by atoms with Crippen LogP contribution in [0.1, 0.15) is 30.1 Å². The third-order valence-corrected chi connectivity index (χ3v) is 3.42. The zero-order chi connectivity index (χ0) is 13.6. The molecule has 2 aromatic heterocycles. The first-order valence-corrected chi connectivity index (χ1v) is 6.20. The SMILES string of the molecule is Cc1ccc2c(C3CCC(=O)NC3=O)nn(C)c2n1. The van der Waals surface area contributed by atoms with Crippen molar-refractivity contribution in [2.45, 2.75) is 25.7 Å². The van der Waals surface area contributed by atoms with E-state index in [0.29, 0.717) is 18.5 Å². The highest BCUT2D eigenvalue weighted by Crippen LogP contribution is 2.29. The van der Waals surface area contributed by atoms with Gasteiger partial charge in [0.1, 0.15) is 0 Å². The Labute approximate surface area is 109 Å². The Morgan fingerprint density at radius 2 is 2.16 bits per heavy atom. The van der Waals surface area contributed by atoms with Crippen molar-refractivity contribution in [3.05, 3.63) is 23.5 Å². The Balaban J connectivity index is 2.10. The van der Waals surface area contributed by atoms with Crippen molar-refractivity contribution in [1.82, 2.24) is 20.1 Å². The number of nitrogens with zero attached hydrogens (tertiary/aromatic N) is 3. The molecule has 98 valence electrons. The molecule has 2 aromatic rings. The minimum Gasteiger partial charge on any atom is -0.296 e. The maximum Gasteiger partial charge on any atom is 0.235 e. The molecule has 19 heavy (non-hydrogen) atoms. The largest absolute Gasteiger partial charge is 0.296 e. The summed E-state index contributed by atoms with van der Waals surface area (Å²) in [6, 6.07) is 3.84. The van der Waals surface area contributed by atoms with E-state index in [1.54, 1.807) is 4.68 Å². The zero-order valence-electron chi connectivity index (χ0n) is 10.8. The van der Waals surface area contributed by atoms with Crippen LogP contribution in [0.4, 0.5) is 0 Å². The van der Waals surface area contributed by atoms with E-state index in [0.717, 1.165) is 16.7 Å². The lowest BCUT2D eigenvalue weighted by molar-refractivity contribution is -0.134. The number of fused-ring (bicyclic) bond motifs is 1. The normalized spacial score (nSPS) is 19.8. The van der Waals surface area contributed by atoms with Crippen LogP contribution in [0.5, 0.6) is 0 Å². The Bertz CT molecular complexity index is 689. The molecule has 3 heterocycles. The fourth-order valence-corrected chi connectivity index (χ4v) is 2.46. The highest BCUT2D eigenvalue weighted by atomic mass is 16.2. The standard InChI is InChI=1S/C13H14N4O2/c1-7-3-4-8-11(16-17(2)12(8)14-7)9-5-6-10(18)15-13(9)19/h3-4,9H,5-6H2,1-2H3,(H,15,18,19). The molecule has 1 N–H and O–H groups in total. The van der Waals surface area contributed by atoms with Crippen molar-refractivity contribution in [2.75, 3.05) is 0 Å². The van der Waals surface area contributed by atoms with E-state index in [4.69, 9.17) is 0 Å². The summed E-state index contributed by atoms with van der Waals surface area (Å²) < 4.78 is 1.68. The van der Waals surface area contributed by atoms with Crippen LogP contribution in [0.3, 0.4) is 0 Å². The molecule has 1 atom stereocenters. The van der Waals surface area contributed by atoms with Crippen LogP contribution in [0, 0.1) is 6.92 Å². The first kappa shape index (κ1) is 11.8. The molecule has 1 unspecified atom stereocenters. The number of imide groups is 1. The van der Waals surface area contributed by atoms with E-state index in [1.165, 1.54) is 0 Å². The first-order chi connectivity index (χ1) is 9.06. The molecule has 1 fully saturated rings. The van der Waals surface area contributed by atoms with Crippen molar-refractivity contribution in [3.63, 3.8) is 0 Å². The van der Waals surface area contributed by atoms with Crippen LogP contribution in [-0.2, 0) is 16.6 Å². The van der Waals surface area contributed by atoms with Gasteiger partial charge in [-0.1, -0.05) is 0 Å². The number of nitrogens with one attached hydrogen (secondary N) is 1. The van der Waals surface area contributed by atoms with Crippen molar-refractivity contribution >= 4 is 22.8 Å². The van der Waals surface area contributed by atoms with Gasteiger partial charge in [0.15, 0.2) is 5.65 Å². The maximum atomic E-state index is 11.9. The third kappa shape index (κ3) is 1.89. The van der Waals surface area contributed by atoms with Gasteiger partial charge in [0, 0.05) is 24.5 Å². The second kappa shape index (κ2) is 4.15. The lowest BCUT2D eigenvalue weighted by Gasteiger charge is -2.19. The van der Waals surface area contributed by atoms with Crippen LogP contribution in [-0.4, -0.2) is 26.6 Å². The molecule has 0 spiro atoms. The number of aromatic nitrogens is 3. The molecule has 3 rings (SSSR count). The number of pyridine rings is 1. The lowest BCUT2D eigenvalue weighted by Crippen LogP contribution is -2.39. The van der Waals surface area contributed by atoms with Gasteiger partial charge in [-0.15, -0.1) is 0 Å². The molecule has 0 bridgehead atoms. The topological polar surface area (TPSA) is 76.9 Å². The molecule has 6 heteroatoms. The quantitative estimate of drug-likeness (QED) is 0.767. The molecule has 0 aliphatic carbocycles. The van der Waals surface area contributed by atoms with Gasteiger partial charge in [0.2, 0.25) is 11.8 Å². The molecule has 1 saturated heterocycles. The van der Waals surface area contributed by atoms with E-state index >= 15 is 0 Å². The van der Waals surface area contributed by atoms with E-state index in [-0.39, 0.29) is 17.7 Å². The predicted molar refractivity (Wildman–Crippen MR) is 68.4 cm³/mol. The van der Waals surface area contributed by atoms with Gasteiger partial charge in [-0.2, -0.15) is 5.10 Å². The second-order valence-electron chi connectivity index (χ2n) is 4.84. The van der Waals surface area contributed by atoms with Crippen LogP contribution in [0.2, 0.25) is 0 Å². The fourth-order valence-electron chi connectivity index (χ4n) is 2.46. The van der Waals surface area contributed by atoms with E-state index in [1.807, 2.05) is 26.1 Å². The summed E-state index contributed by atoms with van der Waals surface area (Å²) in [5, 5.41) is 7.66. The smallest absolute Gasteiger partial charge is 0.235 e. The second-order valence-corrected chi connectivity index (χ2v) is 4.84. The third-order valence-electron chi connectivity index (χ3n) is 3.42. The molecule has 6 nitrogen and oxygen atoms in total. The molecule has 1 aliphatic heterocycles. The number of rotatable bonds is 1. The Hall–Kier alpha value is -2.24. The molecule has 2 amide bonds. The number of hydrogen-bond donors (Lipinski definition) is 1. The highest BCUT2D eigenvalue weighted by Gasteiger charge is 2.31. The van der Waals surface area contributed by atoms with Crippen molar-refractivity contribution in [2.24, 2.45) is 7.05 Å². The molecular formula is C13H14N4O2. The van der Waals surface area contributed by atoms with Gasteiger partial charge < -0.3 is 0 Å². The van der Waals surface area contributed by atoms with Gasteiger partial charge in [0.25, 0.3) is 0 Å². The molecule has 0 aromatic carbocycles. The summed E-state index contributed by atoms with van der Waals surface area (Å²) in [6.07, 6.45) is 0.860. The summed E-state index contributed by atoms with van der Waals surface area (Å²) in [6.45, 7) is 1.91. The number of hydrogen-bond acceptors (Lipinski definition) is 4. The predicted octanol–water partition coefficient (Wildman–Crippen LogP) is 0.797. The van der Waals surface area contributed by atoms with Gasteiger partial charge in [-0.3, -0.25) is 19.6 Å². The van der Waals surface area contributed by atoms with Crippen LogP contribution in [0.25, 0.3) is 11.0 Å². The summed E-state index contributed by atoms with van der Waals surface area (Å²) in [5.41, 5.74) is 2.38. The van der Waals surface area contributed by atoms with Gasteiger partial charge in [0.05, 0.1) is 11.6 Å². The number of amides is 2. The monoisotopic (exact) mass is 258 g/mol. The van der Waals surface area contributed by atoms with Crippen LogP contribution < -0.4 is 5.32 Å². The zero-order valence-corrected chi connectivity index (χ0v) is 10.8. The molecule has 0 radical (unpaired) electrons. The fraction of sp³-hybridized carbons (Fsp3) is 0.385. The average Bonchev–Trinajstić information content (AvgIpc) is 2.66. The highest BCUT2D eigenvalue weighted by molar-refractivity contribution is 6.02. The number of carbonyl (C=O) groups excluding carboxylic acids is 2. The maximum absolute atomic E-state index is 11.9. The van der Waals surface area contributed by atoms with Gasteiger partial charge >= 0.3 is 0 Å². The number of carbonyl (C=O) groups is 2. The van der Waals surface area contributed by atoms with Crippen LogP contribution in [0.15, 0.2) is 12.1 Å². The van der Waals surface area contributed by atoms with Crippen LogP contribution >= 0.6 is 0 Å². The first-order valence-electron chi connectivity index (χ1n) is 6.20. The Kier molecular flexibility index (Phi) is 2.58.